The Morgan fingerprint density at radius 3 is 2.31 bits per heavy atom. The lowest BCUT2D eigenvalue weighted by molar-refractivity contribution is 0.0745. The molecule has 1 saturated heterocycles. The maximum Gasteiger partial charge on any atom is 0.255 e. The lowest BCUT2D eigenvalue weighted by Crippen LogP contribution is -2.49. The van der Waals surface area contributed by atoms with Crippen molar-refractivity contribution in [3.8, 4) is 11.3 Å². The van der Waals surface area contributed by atoms with Gasteiger partial charge in [-0.25, -0.2) is 0 Å². The zero-order valence-electron chi connectivity index (χ0n) is 16.6. The molecular formula is C23H23BrN4O. The normalized spacial score (nSPS) is 14.2. The molecule has 0 aliphatic carbocycles. The van der Waals surface area contributed by atoms with E-state index in [9.17, 15) is 4.79 Å². The van der Waals surface area contributed by atoms with E-state index in [1.807, 2.05) is 41.3 Å². The second-order valence-electron chi connectivity index (χ2n) is 7.33. The molecule has 2 heterocycles. The van der Waals surface area contributed by atoms with Crippen molar-refractivity contribution in [2.75, 3.05) is 31.1 Å². The summed E-state index contributed by atoms with van der Waals surface area (Å²) in [6.07, 6.45) is 0. The van der Waals surface area contributed by atoms with E-state index in [0.717, 1.165) is 34.6 Å². The molecule has 0 N–H and O–H groups in total. The summed E-state index contributed by atoms with van der Waals surface area (Å²) in [6.45, 7) is 7.04. The summed E-state index contributed by atoms with van der Waals surface area (Å²) >= 11 is 3.47. The van der Waals surface area contributed by atoms with Crippen molar-refractivity contribution >= 4 is 27.7 Å². The fraction of sp³-hybridized carbons (Fsp3) is 0.261. The molecule has 0 atom stereocenters. The van der Waals surface area contributed by atoms with Gasteiger partial charge < -0.3 is 9.80 Å². The number of hydrogen-bond donors (Lipinski definition) is 0. The molecule has 29 heavy (non-hydrogen) atoms. The lowest BCUT2D eigenvalue weighted by atomic mass is 10.0. The van der Waals surface area contributed by atoms with Gasteiger partial charge in [0.25, 0.3) is 5.91 Å². The molecule has 2 aromatic carbocycles. The van der Waals surface area contributed by atoms with Crippen LogP contribution in [0.2, 0.25) is 0 Å². The van der Waals surface area contributed by atoms with Crippen molar-refractivity contribution in [1.29, 1.82) is 0 Å². The largest absolute Gasteiger partial charge is 0.352 e. The summed E-state index contributed by atoms with van der Waals surface area (Å²) < 4.78 is 0.834. The van der Waals surface area contributed by atoms with E-state index in [4.69, 9.17) is 0 Å². The van der Waals surface area contributed by atoms with Crippen LogP contribution >= 0.6 is 15.9 Å². The number of hydrogen-bond acceptors (Lipinski definition) is 4. The number of rotatable bonds is 3. The first-order chi connectivity index (χ1) is 14.0. The molecule has 1 aliphatic heterocycles. The number of halogens is 1. The van der Waals surface area contributed by atoms with Crippen LogP contribution in [0.5, 0.6) is 0 Å². The number of piperazine rings is 1. The predicted octanol–water partition coefficient (Wildman–Crippen LogP) is 4.49. The highest BCUT2D eigenvalue weighted by Gasteiger charge is 2.24. The van der Waals surface area contributed by atoms with Crippen LogP contribution in [0.4, 0.5) is 5.82 Å². The van der Waals surface area contributed by atoms with Gasteiger partial charge in [0.15, 0.2) is 5.82 Å². The summed E-state index contributed by atoms with van der Waals surface area (Å²) in [4.78, 5) is 16.8. The molecule has 4 rings (SSSR count). The average Bonchev–Trinajstić information content (AvgIpc) is 2.76. The summed E-state index contributed by atoms with van der Waals surface area (Å²) in [7, 11) is 0. The number of aromatic nitrogens is 2. The van der Waals surface area contributed by atoms with Crippen molar-refractivity contribution < 1.29 is 4.79 Å². The summed E-state index contributed by atoms with van der Waals surface area (Å²) in [5.74, 6) is 0.916. The van der Waals surface area contributed by atoms with Crippen LogP contribution in [0.1, 0.15) is 21.5 Å². The van der Waals surface area contributed by atoms with E-state index >= 15 is 0 Å². The Kier molecular flexibility index (Phi) is 5.62. The molecule has 3 aromatic rings. The minimum absolute atomic E-state index is 0.0632. The highest BCUT2D eigenvalue weighted by Crippen LogP contribution is 2.23. The zero-order chi connectivity index (χ0) is 20.4. The summed E-state index contributed by atoms with van der Waals surface area (Å²) in [5.41, 5.74) is 5.18. The monoisotopic (exact) mass is 450 g/mol. The van der Waals surface area contributed by atoms with Gasteiger partial charge >= 0.3 is 0 Å². The highest BCUT2D eigenvalue weighted by atomic mass is 79.9. The SMILES string of the molecule is Cc1ccc(-c2ccc(N3CCN(C(=O)c4ccccc4Br)CC3)nn2)cc1C. The quantitative estimate of drug-likeness (QED) is 0.589. The van der Waals surface area contributed by atoms with Gasteiger partial charge in [-0.2, -0.15) is 0 Å². The van der Waals surface area contributed by atoms with Crippen molar-refractivity contribution in [3.63, 3.8) is 0 Å². The predicted molar refractivity (Wildman–Crippen MR) is 119 cm³/mol. The Hall–Kier alpha value is -2.73. The fourth-order valence-electron chi connectivity index (χ4n) is 3.49. The Labute approximate surface area is 179 Å². The number of carbonyl (C=O) groups is 1. The van der Waals surface area contributed by atoms with Crippen LogP contribution in [0.3, 0.4) is 0 Å². The van der Waals surface area contributed by atoms with Gasteiger partial charge in [0.2, 0.25) is 0 Å². The minimum atomic E-state index is 0.0632. The Morgan fingerprint density at radius 1 is 0.897 bits per heavy atom. The number of carbonyl (C=O) groups excluding carboxylic acids is 1. The number of nitrogens with zero attached hydrogens (tertiary/aromatic N) is 4. The molecule has 1 fully saturated rings. The Bertz CT molecular complexity index is 1030. The van der Waals surface area contributed by atoms with E-state index in [0.29, 0.717) is 18.7 Å². The zero-order valence-corrected chi connectivity index (χ0v) is 18.2. The number of benzene rings is 2. The maximum atomic E-state index is 12.8. The number of aryl methyl sites for hydroxylation is 2. The Morgan fingerprint density at radius 2 is 1.66 bits per heavy atom. The van der Waals surface area contributed by atoms with E-state index < -0.39 is 0 Å². The van der Waals surface area contributed by atoms with Crippen LogP contribution < -0.4 is 4.90 Å². The van der Waals surface area contributed by atoms with E-state index in [2.05, 4.69) is 63.1 Å². The van der Waals surface area contributed by atoms with Crippen LogP contribution in [0, 0.1) is 13.8 Å². The van der Waals surface area contributed by atoms with Gasteiger partial charge in [-0.05, 0) is 71.2 Å². The maximum absolute atomic E-state index is 12.8. The first-order valence-corrected chi connectivity index (χ1v) is 10.5. The van der Waals surface area contributed by atoms with Gasteiger partial charge in [-0.15, -0.1) is 10.2 Å². The van der Waals surface area contributed by atoms with Crippen molar-refractivity contribution in [3.05, 3.63) is 75.8 Å². The van der Waals surface area contributed by atoms with Gasteiger partial charge in [0, 0.05) is 36.2 Å². The van der Waals surface area contributed by atoms with Crippen molar-refractivity contribution in [2.45, 2.75) is 13.8 Å². The first kappa shape index (κ1) is 19.6. The van der Waals surface area contributed by atoms with E-state index in [1.165, 1.54) is 11.1 Å². The molecule has 1 amide bonds. The molecule has 0 radical (unpaired) electrons. The molecule has 148 valence electrons. The fourth-order valence-corrected chi connectivity index (χ4v) is 3.95. The molecular weight excluding hydrogens is 428 g/mol. The molecule has 1 aromatic heterocycles. The number of amides is 1. The van der Waals surface area contributed by atoms with Gasteiger partial charge in [-0.1, -0.05) is 24.3 Å². The molecule has 0 bridgehead atoms. The molecule has 0 spiro atoms. The van der Waals surface area contributed by atoms with Crippen LogP contribution in [0.15, 0.2) is 59.1 Å². The summed E-state index contributed by atoms with van der Waals surface area (Å²) in [6, 6.07) is 17.9. The van der Waals surface area contributed by atoms with Crippen molar-refractivity contribution in [2.24, 2.45) is 0 Å². The second-order valence-corrected chi connectivity index (χ2v) is 8.19. The van der Waals surface area contributed by atoms with Gasteiger partial charge in [0.1, 0.15) is 0 Å². The molecule has 1 aliphatic rings. The van der Waals surface area contributed by atoms with Gasteiger partial charge in [-0.3, -0.25) is 4.79 Å². The molecule has 0 unspecified atom stereocenters. The first-order valence-electron chi connectivity index (χ1n) is 9.73. The average molecular weight is 451 g/mol. The molecule has 6 heteroatoms. The highest BCUT2D eigenvalue weighted by molar-refractivity contribution is 9.10. The Balaban J connectivity index is 1.41. The lowest BCUT2D eigenvalue weighted by Gasteiger charge is -2.35. The van der Waals surface area contributed by atoms with E-state index in [1.54, 1.807) is 0 Å². The second kappa shape index (κ2) is 8.33. The van der Waals surface area contributed by atoms with Gasteiger partial charge in [0.05, 0.1) is 11.3 Å². The number of anilines is 1. The topological polar surface area (TPSA) is 49.3 Å². The minimum Gasteiger partial charge on any atom is -0.352 e. The smallest absolute Gasteiger partial charge is 0.255 e. The molecule has 5 nitrogen and oxygen atoms in total. The van der Waals surface area contributed by atoms with Crippen LogP contribution in [0.25, 0.3) is 11.3 Å². The van der Waals surface area contributed by atoms with Crippen LogP contribution in [-0.2, 0) is 0 Å². The van der Waals surface area contributed by atoms with Crippen molar-refractivity contribution in [1.82, 2.24) is 15.1 Å². The van der Waals surface area contributed by atoms with Crippen LogP contribution in [-0.4, -0.2) is 47.2 Å². The standard InChI is InChI=1S/C23H23BrN4O/c1-16-7-8-18(15-17(16)2)21-9-10-22(26-25-21)27-11-13-28(14-12-27)23(29)19-5-3-4-6-20(19)24/h3-10,15H,11-14H2,1-2H3. The third kappa shape index (κ3) is 4.17. The third-order valence-electron chi connectivity index (χ3n) is 5.45. The van der Waals surface area contributed by atoms with E-state index in [-0.39, 0.29) is 5.91 Å². The third-order valence-corrected chi connectivity index (χ3v) is 6.14. The summed E-state index contributed by atoms with van der Waals surface area (Å²) in [5, 5.41) is 8.87. The molecule has 0 saturated carbocycles.